The quantitative estimate of drug-likeness (QED) is 0.754. The molecule has 4 heteroatoms. The van der Waals surface area contributed by atoms with Gasteiger partial charge in [-0.3, -0.25) is 0 Å². The first-order valence-electron chi connectivity index (χ1n) is 6.27. The fraction of sp³-hybridized carbons (Fsp3) is 0.267. The van der Waals surface area contributed by atoms with Gasteiger partial charge in [0.1, 0.15) is 0 Å². The van der Waals surface area contributed by atoms with E-state index in [2.05, 4.69) is 28.2 Å². The average molecular weight is 289 g/mol. The van der Waals surface area contributed by atoms with Gasteiger partial charge in [-0.1, -0.05) is 23.6 Å². The third-order valence-corrected chi connectivity index (χ3v) is 4.21. The second-order valence-corrected chi connectivity index (χ2v) is 5.70. The van der Waals surface area contributed by atoms with E-state index < -0.39 is 0 Å². The maximum atomic E-state index is 6.31. The number of nitrogens with one attached hydrogen (secondary N) is 1. The van der Waals surface area contributed by atoms with Gasteiger partial charge in [0, 0.05) is 17.1 Å². The van der Waals surface area contributed by atoms with Gasteiger partial charge < -0.3 is 5.32 Å². The van der Waals surface area contributed by atoms with Crippen molar-refractivity contribution in [2.75, 3.05) is 13.1 Å². The van der Waals surface area contributed by atoms with E-state index >= 15 is 0 Å². The minimum Gasteiger partial charge on any atom is -0.316 e. The fourth-order valence-electron chi connectivity index (χ4n) is 2.28. The molecule has 2 heterocycles. The molecule has 0 saturated heterocycles. The third-order valence-electron chi connectivity index (χ3n) is 3.21. The topological polar surface area (TPSA) is 24.9 Å². The minimum atomic E-state index is 0.740. The van der Waals surface area contributed by atoms with Crippen LogP contribution in [0.25, 0.3) is 0 Å². The van der Waals surface area contributed by atoms with E-state index in [0.29, 0.717) is 0 Å². The Morgan fingerprint density at radius 2 is 2.11 bits per heavy atom. The SMILES string of the molecule is Clc1ccc2c(c1C#Cc1nccs1)CCNCC2. The molecule has 0 radical (unpaired) electrons. The van der Waals surface area contributed by atoms with Crippen molar-refractivity contribution in [3.05, 3.63) is 50.4 Å². The summed E-state index contributed by atoms with van der Waals surface area (Å²) in [6, 6.07) is 4.08. The second kappa shape index (κ2) is 5.75. The van der Waals surface area contributed by atoms with Crippen molar-refractivity contribution < 1.29 is 0 Å². The van der Waals surface area contributed by atoms with Gasteiger partial charge in [-0.25, -0.2) is 4.98 Å². The molecular weight excluding hydrogens is 276 g/mol. The molecule has 2 nitrogen and oxygen atoms in total. The first-order valence-corrected chi connectivity index (χ1v) is 7.53. The van der Waals surface area contributed by atoms with Gasteiger partial charge in [0.15, 0.2) is 5.01 Å². The van der Waals surface area contributed by atoms with Crippen molar-refractivity contribution >= 4 is 22.9 Å². The summed E-state index contributed by atoms with van der Waals surface area (Å²) in [5.41, 5.74) is 3.62. The lowest BCUT2D eigenvalue weighted by molar-refractivity contribution is 0.711. The van der Waals surface area contributed by atoms with Crippen LogP contribution in [0.3, 0.4) is 0 Å². The van der Waals surface area contributed by atoms with Crippen LogP contribution in [0.1, 0.15) is 21.7 Å². The molecule has 3 rings (SSSR count). The monoisotopic (exact) mass is 288 g/mol. The van der Waals surface area contributed by atoms with Gasteiger partial charge in [0.2, 0.25) is 0 Å². The summed E-state index contributed by atoms with van der Waals surface area (Å²) in [5, 5.41) is 6.91. The molecule has 1 aromatic carbocycles. The van der Waals surface area contributed by atoms with Crippen LogP contribution in [0.2, 0.25) is 5.02 Å². The van der Waals surface area contributed by atoms with Crippen molar-refractivity contribution in [2.45, 2.75) is 12.8 Å². The Kier molecular flexibility index (Phi) is 3.84. The lowest BCUT2D eigenvalue weighted by Crippen LogP contribution is -2.16. The van der Waals surface area contributed by atoms with Crippen LogP contribution in [-0.2, 0) is 12.8 Å². The Labute approximate surface area is 121 Å². The Hall–Kier alpha value is -1.34. The highest BCUT2D eigenvalue weighted by Crippen LogP contribution is 2.25. The molecule has 2 aromatic rings. The second-order valence-electron chi connectivity index (χ2n) is 4.40. The molecule has 96 valence electrons. The van der Waals surface area contributed by atoms with Crippen LogP contribution in [-0.4, -0.2) is 18.1 Å². The maximum absolute atomic E-state index is 6.31. The Morgan fingerprint density at radius 3 is 2.95 bits per heavy atom. The van der Waals surface area contributed by atoms with Crippen LogP contribution in [0.4, 0.5) is 0 Å². The Balaban J connectivity index is 2.04. The zero-order chi connectivity index (χ0) is 13.1. The fourth-order valence-corrected chi connectivity index (χ4v) is 2.99. The molecule has 0 unspecified atom stereocenters. The smallest absolute Gasteiger partial charge is 0.167 e. The molecule has 0 amide bonds. The van der Waals surface area contributed by atoms with E-state index in [0.717, 1.165) is 41.5 Å². The molecule has 0 atom stereocenters. The molecule has 0 spiro atoms. The molecule has 0 bridgehead atoms. The molecule has 1 aromatic heterocycles. The van der Waals surface area contributed by atoms with Gasteiger partial charge in [-0.2, -0.15) is 0 Å². The maximum Gasteiger partial charge on any atom is 0.167 e. The van der Waals surface area contributed by atoms with Crippen molar-refractivity contribution in [1.82, 2.24) is 10.3 Å². The highest BCUT2D eigenvalue weighted by Gasteiger charge is 2.13. The number of rotatable bonds is 0. The standard InChI is InChI=1S/C15H13ClN2S/c16-14-3-1-11-5-7-17-8-6-12(11)13(14)2-4-15-18-9-10-19-15/h1,3,9-10,17H,5-8H2. The van der Waals surface area contributed by atoms with Crippen molar-refractivity contribution in [3.8, 4) is 11.8 Å². The van der Waals surface area contributed by atoms with Gasteiger partial charge in [-0.05, 0) is 49.0 Å². The van der Waals surface area contributed by atoms with Crippen molar-refractivity contribution in [1.29, 1.82) is 0 Å². The highest BCUT2D eigenvalue weighted by molar-refractivity contribution is 7.10. The molecule has 1 aliphatic heterocycles. The van der Waals surface area contributed by atoms with Gasteiger partial charge >= 0.3 is 0 Å². The lowest BCUT2D eigenvalue weighted by atomic mass is 9.97. The summed E-state index contributed by atoms with van der Waals surface area (Å²) >= 11 is 7.86. The van der Waals surface area contributed by atoms with E-state index in [1.165, 1.54) is 11.1 Å². The predicted octanol–water partition coefficient (Wildman–Crippen LogP) is 2.88. The van der Waals surface area contributed by atoms with E-state index in [-0.39, 0.29) is 0 Å². The number of nitrogens with zero attached hydrogens (tertiary/aromatic N) is 1. The predicted molar refractivity (Wildman–Crippen MR) is 79.8 cm³/mol. The number of hydrogen-bond acceptors (Lipinski definition) is 3. The molecule has 0 saturated carbocycles. The Bertz CT molecular complexity index is 638. The zero-order valence-electron chi connectivity index (χ0n) is 10.4. The molecule has 0 aliphatic carbocycles. The molecule has 0 fully saturated rings. The summed E-state index contributed by atoms with van der Waals surface area (Å²) in [7, 11) is 0. The van der Waals surface area contributed by atoms with Gasteiger partial charge in [0.25, 0.3) is 0 Å². The number of thiazole rings is 1. The van der Waals surface area contributed by atoms with Crippen molar-refractivity contribution in [2.24, 2.45) is 0 Å². The lowest BCUT2D eigenvalue weighted by Gasteiger charge is -2.09. The number of fused-ring (bicyclic) bond motifs is 1. The molecule has 1 N–H and O–H groups in total. The average Bonchev–Trinajstić information content (AvgIpc) is 2.82. The van der Waals surface area contributed by atoms with Gasteiger partial charge in [-0.15, -0.1) is 11.3 Å². The number of benzene rings is 1. The summed E-state index contributed by atoms with van der Waals surface area (Å²) in [5.74, 6) is 6.31. The number of hydrogen-bond donors (Lipinski definition) is 1. The molecular formula is C15H13ClN2S. The van der Waals surface area contributed by atoms with Gasteiger partial charge in [0.05, 0.1) is 5.02 Å². The number of halogens is 1. The molecule has 19 heavy (non-hydrogen) atoms. The largest absolute Gasteiger partial charge is 0.316 e. The highest BCUT2D eigenvalue weighted by atomic mass is 35.5. The first kappa shape index (κ1) is 12.7. The zero-order valence-corrected chi connectivity index (χ0v) is 11.9. The third kappa shape index (κ3) is 2.82. The van der Waals surface area contributed by atoms with E-state index in [9.17, 15) is 0 Å². The summed E-state index contributed by atoms with van der Waals surface area (Å²) in [6.07, 6.45) is 3.79. The van der Waals surface area contributed by atoms with Crippen LogP contribution >= 0.6 is 22.9 Å². The first-order chi connectivity index (χ1) is 9.34. The summed E-state index contributed by atoms with van der Waals surface area (Å²) < 4.78 is 0. The summed E-state index contributed by atoms with van der Waals surface area (Å²) in [4.78, 5) is 4.18. The summed E-state index contributed by atoms with van der Waals surface area (Å²) in [6.45, 7) is 2.01. The molecule has 1 aliphatic rings. The van der Waals surface area contributed by atoms with E-state index in [1.54, 1.807) is 17.5 Å². The van der Waals surface area contributed by atoms with Crippen LogP contribution in [0, 0.1) is 11.8 Å². The minimum absolute atomic E-state index is 0.740. The van der Waals surface area contributed by atoms with Crippen LogP contribution in [0.5, 0.6) is 0 Å². The normalized spacial score (nSPS) is 14.2. The van der Waals surface area contributed by atoms with Crippen molar-refractivity contribution in [3.63, 3.8) is 0 Å². The Morgan fingerprint density at radius 1 is 1.21 bits per heavy atom. The number of aromatic nitrogens is 1. The van der Waals surface area contributed by atoms with Crippen LogP contribution < -0.4 is 5.32 Å². The van der Waals surface area contributed by atoms with E-state index in [1.807, 2.05) is 11.4 Å². The van der Waals surface area contributed by atoms with E-state index in [4.69, 9.17) is 11.6 Å². The van der Waals surface area contributed by atoms with Crippen LogP contribution in [0.15, 0.2) is 23.7 Å².